The lowest BCUT2D eigenvalue weighted by Gasteiger charge is -2.25. The molecule has 1 unspecified atom stereocenters. The molecular weight excluding hydrogens is 327 g/mol. The van der Waals surface area contributed by atoms with Crippen molar-refractivity contribution in [3.8, 4) is 0 Å². The van der Waals surface area contributed by atoms with Crippen LogP contribution in [0.4, 0.5) is 0 Å². The van der Waals surface area contributed by atoms with E-state index in [1.165, 1.54) is 11.0 Å². The smallest absolute Gasteiger partial charge is 0.253 e. The van der Waals surface area contributed by atoms with Gasteiger partial charge in [0.25, 0.3) is 5.91 Å². The zero-order valence-corrected chi connectivity index (χ0v) is 14.1. The van der Waals surface area contributed by atoms with Gasteiger partial charge < -0.3 is 15.3 Å². The van der Waals surface area contributed by atoms with Crippen LogP contribution in [0.3, 0.4) is 0 Å². The molecule has 0 aliphatic carbocycles. The van der Waals surface area contributed by atoms with Crippen LogP contribution in [0.2, 0.25) is 10.0 Å². The van der Waals surface area contributed by atoms with Gasteiger partial charge in [0.15, 0.2) is 0 Å². The molecule has 2 amide bonds. The first-order chi connectivity index (χ1) is 10.4. The van der Waals surface area contributed by atoms with Gasteiger partial charge in [-0.1, -0.05) is 36.2 Å². The van der Waals surface area contributed by atoms with Crippen LogP contribution in [0.15, 0.2) is 18.2 Å². The van der Waals surface area contributed by atoms with Crippen LogP contribution < -0.4 is 5.32 Å². The van der Waals surface area contributed by atoms with E-state index in [1.54, 1.807) is 19.1 Å². The lowest BCUT2D eigenvalue weighted by atomic mass is 10.2. The molecule has 0 aliphatic rings. The topological polar surface area (TPSA) is 69.6 Å². The minimum Gasteiger partial charge on any atom is -0.395 e. The van der Waals surface area contributed by atoms with Crippen LogP contribution in [0.5, 0.6) is 0 Å². The summed E-state index contributed by atoms with van der Waals surface area (Å²) >= 11 is 11.9. The molecule has 0 aliphatic heterocycles. The van der Waals surface area contributed by atoms with E-state index in [2.05, 4.69) is 5.32 Å². The molecule has 7 heteroatoms. The summed E-state index contributed by atoms with van der Waals surface area (Å²) in [4.78, 5) is 26.0. The molecular formula is C15H20Cl2N2O3. The first-order valence-corrected chi connectivity index (χ1v) is 7.82. The van der Waals surface area contributed by atoms with Gasteiger partial charge in [-0.15, -0.1) is 0 Å². The van der Waals surface area contributed by atoms with Crippen molar-refractivity contribution in [3.05, 3.63) is 33.8 Å². The third-order valence-electron chi connectivity index (χ3n) is 3.09. The van der Waals surface area contributed by atoms with Gasteiger partial charge >= 0.3 is 0 Å². The maximum Gasteiger partial charge on any atom is 0.253 e. The number of hydrogen-bond donors (Lipinski definition) is 2. The maximum absolute atomic E-state index is 12.3. The Kier molecular flexibility index (Phi) is 7.65. The molecule has 22 heavy (non-hydrogen) atoms. The van der Waals surface area contributed by atoms with Gasteiger partial charge in [-0.2, -0.15) is 0 Å². The first-order valence-electron chi connectivity index (χ1n) is 7.06. The molecule has 0 aromatic heterocycles. The van der Waals surface area contributed by atoms with Crippen LogP contribution in [0.25, 0.3) is 0 Å². The first kappa shape index (κ1) is 18.7. The van der Waals surface area contributed by atoms with Crippen molar-refractivity contribution in [2.45, 2.75) is 26.3 Å². The van der Waals surface area contributed by atoms with Gasteiger partial charge in [-0.25, -0.2) is 0 Å². The Bertz CT molecular complexity index is 532. The number of benzene rings is 1. The van der Waals surface area contributed by atoms with Crippen LogP contribution in [-0.4, -0.2) is 47.6 Å². The summed E-state index contributed by atoms with van der Waals surface area (Å²) in [6.45, 7) is 4.18. The Balaban J connectivity index is 2.78. The predicted octanol–water partition coefficient (Wildman–Crippen LogP) is 2.34. The lowest BCUT2D eigenvalue weighted by Crippen LogP contribution is -2.48. The molecule has 0 bridgehead atoms. The molecule has 1 atom stereocenters. The summed E-state index contributed by atoms with van der Waals surface area (Å²) in [5.41, 5.74) is 0.220. The van der Waals surface area contributed by atoms with Crippen LogP contribution in [0.1, 0.15) is 30.6 Å². The van der Waals surface area contributed by atoms with E-state index in [4.69, 9.17) is 28.3 Å². The van der Waals surface area contributed by atoms with E-state index in [-0.39, 0.29) is 34.7 Å². The molecule has 1 aromatic rings. The van der Waals surface area contributed by atoms with E-state index in [1.807, 2.05) is 6.92 Å². The summed E-state index contributed by atoms with van der Waals surface area (Å²) in [5, 5.41) is 12.0. The minimum absolute atomic E-state index is 0.119. The molecule has 0 spiro atoms. The monoisotopic (exact) mass is 346 g/mol. The fourth-order valence-electron chi connectivity index (χ4n) is 2.01. The highest BCUT2D eigenvalue weighted by Crippen LogP contribution is 2.25. The van der Waals surface area contributed by atoms with Crippen LogP contribution in [0, 0.1) is 0 Å². The molecule has 0 saturated carbocycles. The average Bonchev–Trinajstić information content (AvgIpc) is 2.48. The second kappa shape index (κ2) is 8.98. The number of halogens is 2. The second-order valence-electron chi connectivity index (χ2n) is 4.85. The van der Waals surface area contributed by atoms with Crippen molar-refractivity contribution in [2.75, 3.05) is 19.7 Å². The average molecular weight is 347 g/mol. The van der Waals surface area contributed by atoms with Gasteiger partial charge in [0.2, 0.25) is 5.91 Å². The highest BCUT2D eigenvalue weighted by molar-refractivity contribution is 6.43. The van der Waals surface area contributed by atoms with Gasteiger partial charge in [-0.05, 0) is 25.5 Å². The van der Waals surface area contributed by atoms with Crippen molar-refractivity contribution in [1.29, 1.82) is 0 Å². The van der Waals surface area contributed by atoms with E-state index in [0.717, 1.165) is 6.42 Å². The molecule has 122 valence electrons. The molecule has 0 radical (unpaired) electrons. The van der Waals surface area contributed by atoms with Crippen LogP contribution in [-0.2, 0) is 4.79 Å². The zero-order valence-electron chi connectivity index (χ0n) is 12.6. The Morgan fingerprint density at radius 2 is 2.00 bits per heavy atom. The standard InChI is InChI=1S/C15H20Cl2N2O3/c1-3-7-19(8-9-20)15(22)10(2)18-14(21)11-5-4-6-12(16)13(11)17/h4-6,10,20H,3,7-9H2,1-2H3,(H,18,21). The molecule has 0 fully saturated rings. The zero-order chi connectivity index (χ0) is 16.7. The van der Waals surface area contributed by atoms with Crippen molar-refractivity contribution in [3.63, 3.8) is 0 Å². The van der Waals surface area contributed by atoms with Crippen molar-refractivity contribution in [2.24, 2.45) is 0 Å². The second-order valence-corrected chi connectivity index (χ2v) is 5.63. The van der Waals surface area contributed by atoms with Crippen molar-refractivity contribution < 1.29 is 14.7 Å². The molecule has 2 N–H and O–H groups in total. The highest BCUT2D eigenvalue weighted by atomic mass is 35.5. The Morgan fingerprint density at radius 3 is 2.59 bits per heavy atom. The van der Waals surface area contributed by atoms with Crippen LogP contribution >= 0.6 is 23.2 Å². The predicted molar refractivity (Wildman–Crippen MR) is 87.3 cm³/mol. The van der Waals surface area contributed by atoms with Gasteiger partial charge in [0.05, 0.1) is 22.2 Å². The van der Waals surface area contributed by atoms with E-state index >= 15 is 0 Å². The lowest BCUT2D eigenvalue weighted by molar-refractivity contribution is -0.133. The minimum atomic E-state index is -0.722. The molecule has 1 rings (SSSR count). The van der Waals surface area contributed by atoms with Gasteiger partial charge in [-0.3, -0.25) is 9.59 Å². The van der Waals surface area contributed by atoms with E-state index in [0.29, 0.717) is 6.54 Å². The Hall–Kier alpha value is -1.30. The fourth-order valence-corrected chi connectivity index (χ4v) is 2.40. The van der Waals surface area contributed by atoms with Crippen molar-refractivity contribution in [1.82, 2.24) is 10.2 Å². The number of hydrogen-bond acceptors (Lipinski definition) is 3. The quantitative estimate of drug-likeness (QED) is 0.796. The van der Waals surface area contributed by atoms with Gasteiger partial charge in [0.1, 0.15) is 6.04 Å². The number of carbonyl (C=O) groups excluding carboxylic acids is 2. The molecule has 0 heterocycles. The summed E-state index contributed by atoms with van der Waals surface area (Å²) in [6, 6.07) is 4.02. The molecule has 5 nitrogen and oxygen atoms in total. The summed E-state index contributed by atoms with van der Waals surface area (Å²) in [6.07, 6.45) is 0.770. The summed E-state index contributed by atoms with van der Waals surface area (Å²) in [7, 11) is 0. The number of aliphatic hydroxyl groups excluding tert-OH is 1. The third kappa shape index (κ3) is 4.87. The Labute approximate surface area is 140 Å². The number of nitrogens with one attached hydrogen (secondary N) is 1. The number of nitrogens with zero attached hydrogens (tertiary/aromatic N) is 1. The number of amides is 2. The third-order valence-corrected chi connectivity index (χ3v) is 3.91. The largest absolute Gasteiger partial charge is 0.395 e. The van der Waals surface area contributed by atoms with Crippen molar-refractivity contribution >= 4 is 35.0 Å². The molecule has 1 aromatic carbocycles. The summed E-state index contributed by atoms with van der Waals surface area (Å²) in [5.74, 6) is -0.712. The SMILES string of the molecule is CCCN(CCO)C(=O)C(C)NC(=O)c1cccc(Cl)c1Cl. The number of carbonyl (C=O) groups is 2. The number of rotatable bonds is 7. The molecule has 0 saturated heterocycles. The van der Waals surface area contributed by atoms with E-state index in [9.17, 15) is 9.59 Å². The fraction of sp³-hybridized carbons (Fsp3) is 0.467. The number of aliphatic hydroxyl groups is 1. The normalized spacial score (nSPS) is 11.9. The summed E-state index contributed by atoms with van der Waals surface area (Å²) < 4.78 is 0. The maximum atomic E-state index is 12.3. The van der Waals surface area contributed by atoms with Gasteiger partial charge in [0, 0.05) is 13.1 Å². The Morgan fingerprint density at radius 1 is 1.32 bits per heavy atom. The highest BCUT2D eigenvalue weighted by Gasteiger charge is 2.23. The van der Waals surface area contributed by atoms with E-state index < -0.39 is 11.9 Å².